The van der Waals surface area contributed by atoms with Gasteiger partial charge in [-0.2, -0.15) is 0 Å². The standard InChI is InChI=1S/C12H15F2NO/c1-12(13,14)10-6-9(15)4-5-11(10)16-7-8-2-3-8/h4-6,8H,2-3,7,15H2,1H3. The lowest BCUT2D eigenvalue weighted by Gasteiger charge is -2.16. The molecule has 0 aromatic heterocycles. The summed E-state index contributed by atoms with van der Waals surface area (Å²) in [6.45, 7) is 1.37. The van der Waals surface area contributed by atoms with Crippen molar-refractivity contribution in [2.24, 2.45) is 5.92 Å². The Balaban J connectivity index is 2.20. The summed E-state index contributed by atoms with van der Waals surface area (Å²) in [6, 6.07) is 4.38. The van der Waals surface area contributed by atoms with Gasteiger partial charge in [0.25, 0.3) is 5.92 Å². The number of hydrogen-bond donors (Lipinski definition) is 1. The van der Waals surface area contributed by atoms with Crippen molar-refractivity contribution in [2.45, 2.75) is 25.7 Å². The van der Waals surface area contributed by atoms with E-state index >= 15 is 0 Å². The van der Waals surface area contributed by atoms with E-state index in [1.807, 2.05) is 0 Å². The highest BCUT2D eigenvalue weighted by atomic mass is 19.3. The zero-order valence-electron chi connectivity index (χ0n) is 9.17. The van der Waals surface area contributed by atoms with Crippen LogP contribution < -0.4 is 10.5 Å². The minimum Gasteiger partial charge on any atom is -0.493 e. The second-order valence-corrected chi connectivity index (χ2v) is 4.40. The van der Waals surface area contributed by atoms with Crippen LogP contribution in [0.1, 0.15) is 25.3 Å². The van der Waals surface area contributed by atoms with E-state index in [-0.39, 0.29) is 11.3 Å². The summed E-state index contributed by atoms with van der Waals surface area (Å²) in [4.78, 5) is 0. The fraction of sp³-hybridized carbons (Fsp3) is 0.500. The molecule has 0 saturated heterocycles. The second-order valence-electron chi connectivity index (χ2n) is 4.40. The number of rotatable bonds is 4. The largest absolute Gasteiger partial charge is 0.493 e. The van der Waals surface area contributed by atoms with E-state index in [9.17, 15) is 8.78 Å². The molecule has 2 nitrogen and oxygen atoms in total. The minimum absolute atomic E-state index is 0.131. The molecule has 0 unspecified atom stereocenters. The molecule has 16 heavy (non-hydrogen) atoms. The molecule has 1 aromatic rings. The number of alkyl halides is 2. The lowest BCUT2D eigenvalue weighted by atomic mass is 10.1. The van der Waals surface area contributed by atoms with E-state index in [1.54, 1.807) is 6.07 Å². The average Bonchev–Trinajstić information content (AvgIpc) is 2.98. The van der Waals surface area contributed by atoms with Crippen LogP contribution >= 0.6 is 0 Å². The van der Waals surface area contributed by atoms with Gasteiger partial charge in [-0.15, -0.1) is 0 Å². The smallest absolute Gasteiger partial charge is 0.274 e. The molecule has 0 radical (unpaired) electrons. The minimum atomic E-state index is -2.92. The highest BCUT2D eigenvalue weighted by Crippen LogP contribution is 2.37. The van der Waals surface area contributed by atoms with E-state index in [0.29, 0.717) is 18.2 Å². The number of anilines is 1. The number of ether oxygens (including phenoxy) is 1. The first-order chi connectivity index (χ1) is 7.47. The fourth-order valence-electron chi connectivity index (χ4n) is 1.51. The van der Waals surface area contributed by atoms with Crippen LogP contribution in [-0.4, -0.2) is 6.61 Å². The molecular formula is C12H15F2NO. The third-order valence-electron chi connectivity index (χ3n) is 2.65. The number of nitrogen functional groups attached to an aromatic ring is 1. The Labute approximate surface area is 93.4 Å². The molecule has 4 heteroatoms. The Hall–Kier alpha value is -1.32. The van der Waals surface area contributed by atoms with Crippen LogP contribution in [0.15, 0.2) is 18.2 Å². The molecular weight excluding hydrogens is 212 g/mol. The lowest BCUT2D eigenvalue weighted by Crippen LogP contribution is -2.11. The summed E-state index contributed by atoms with van der Waals surface area (Å²) >= 11 is 0. The van der Waals surface area contributed by atoms with E-state index in [0.717, 1.165) is 19.8 Å². The van der Waals surface area contributed by atoms with Gasteiger partial charge in [-0.25, -0.2) is 8.78 Å². The number of nitrogens with two attached hydrogens (primary N) is 1. The van der Waals surface area contributed by atoms with Gasteiger partial charge in [-0.1, -0.05) is 0 Å². The lowest BCUT2D eigenvalue weighted by molar-refractivity contribution is 0.0144. The maximum absolute atomic E-state index is 13.3. The Morgan fingerprint density at radius 2 is 2.12 bits per heavy atom. The van der Waals surface area contributed by atoms with Crippen LogP contribution in [0.5, 0.6) is 5.75 Å². The first-order valence-electron chi connectivity index (χ1n) is 5.37. The zero-order valence-corrected chi connectivity index (χ0v) is 9.17. The summed E-state index contributed by atoms with van der Waals surface area (Å²) in [5.41, 5.74) is 5.70. The van der Waals surface area contributed by atoms with Gasteiger partial charge < -0.3 is 10.5 Å². The maximum Gasteiger partial charge on any atom is 0.274 e. The first kappa shape index (κ1) is 11.2. The number of benzene rings is 1. The van der Waals surface area contributed by atoms with Crippen LogP contribution in [0.3, 0.4) is 0 Å². The third-order valence-corrected chi connectivity index (χ3v) is 2.65. The predicted molar refractivity (Wildman–Crippen MR) is 58.6 cm³/mol. The van der Waals surface area contributed by atoms with Gasteiger partial charge in [0, 0.05) is 12.6 Å². The van der Waals surface area contributed by atoms with Crippen LogP contribution in [0.25, 0.3) is 0 Å². The Morgan fingerprint density at radius 3 is 2.69 bits per heavy atom. The van der Waals surface area contributed by atoms with Crippen molar-refractivity contribution >= 4 is 5.69 Å². The summed E-state index contributed by atoms with van der Waals surface area (Å²) in [7, 11) is 0. The van der Waals surface area contributed by atoms with Crippen molar-refractivity contribution in [3.8, 4) is 5.75 Å². The van der Waals surface area contributed by atoms with E-state index in [4.69, 9.17) is 10.5 Å². The van der Waals surface area contributed by atoms with Gasteiger partial charge >= 0.3 is 0 Å². The fourth-order valence-corrected chi connectivity index (χ4v) is 1.51. The Bertz CT molecular complexity index is 383. The normalized spacial score (nSPS) is 16.2. The van der Waals surface area contributed by atoms with Gasteiger partial charge in [0.2, 0.25) is 0 Å². The van der Waals surface area contributed by atoms with E-state index < -0.39 is 5.92 Å². The SMILES string of the molecule is CC(F)(F)c1cc(N)ccc1OCC1CC1. The van der Waals surface area contributed by atoms with Crippen LogP contribution in [-0.2, 0) is 5.92 Å². The number of halogens is 2. The topological polar surface area (TPSA) is 35.2 Å². The van der Waals surface area contributed by atoms with Crippen LogP contribution in [0, 0.1) is 5.92 Å². The first-order valence-corrected chi connectivity index (χ1v) is 5.37. The molecule has 0 atom stereocenters. The monoisotopic (exact) mass is 227 g/mol. The van der Waals surface area contributed by atoms with Gasteiger partial charge in [-0.05, 0) is 37.0 Å². The maximum atomic E-state index is 13.3. The van der Waals surface area contributed by atoms with Crippen molar-refractivity contribution in [1.82, 2.24) is 0 Å². The summed E-state index contributed by atoms with van der Waals surface area (Å²) in [5, 5.41) is 0. The van der Waals surface area contributed by atoms with Crippen LogP contribution in [0.2, 0.25) is 0 Å². The molecule has 1 aliphatic rings. The second kappa shape index (κ2) is 3.92. The molecule has 0 spiro atoms. The van der Waals surface area contributed by atoms with Gasteiger partial charge in [0.05, 0.1) is 12.2 Å². The highest BCUT2D eigenvalue weighted by Gasteiger charge is 2.30. The van der Waals surface area contributed by atoms with Gasteiger partial charge in [-0.3, -0.25) is 0 Å². The molecule has 1 fully saturated rings. The van der Waals surface area contributed by atoms with Crippen molar-refractivity contribution < 1.29 is 13.5 Å². The van der Waals surface area contributed by atoms with Crippen LogP contribution in [0.4, 0.5) is 14.5 Å². The van der Waals surface area contributed by atoms with E-state index in [1.165, 1.54) is 12.1 Å². The van der Waals surface area contributed by atoms with Crippen molar-refractivity contribution in [1.29, 1.82) is 0 Å². The predicted octanol–water partition coefficient (Wildman–Crippen LogP) is 3.17. The Kier molecular flexibility index (Phi) is 2.74. The summed E-state index contributed by atoms with van der Waals surface area (Å²) < 4.78 is 32.0. The quantitative estimate of drug-likeness (QED) is 0.802. The molecule has 0 aliphatic heterocycles. The molecule has 1 saturated carbocycles. The molecule has 88 valence electrons. The molecule has 2 rings (SSSR count). The van der Waals surface area contributed by atoms with E-state index in [2.05, 4.69) is 0 Å². The molecule has 0 bridgehead atoms. The Morgan fingerprint density at radius 1 is 1.44 bits per heavy atom. The molecule has 0 amide bonds. The summed E-state index contributed by atoms with van der Waals surface area (Å²) in [5.74, 6) is -2.14. The van der Waals surface area contributed by atoms with Crippen molar-refractivity contribution in [3.05, 3.63) is 23.8 Å². The van der Waals surface area contributed by atoms with Gasteiger partial charge in [0.1, 0.15) is 5.75 Å². The van der Waals surface area contributed by atoms with Crippen molar-refractivity contribution in [3.63, 3.8) is 0 Å². The molecule has 1 aliphatic carbocycles. The number of hydrogen-bond acceptors (Lipinski definition) is 2. The summed E-state index contributed by atoms with van der Waals surface area (Å²) in [6.07, 6.45) is 2.26. The van der Waals surface area contributed by atoms with Gasteiger partial charge in [0.15, 0.2) is 0 Å². The molecule has 2 N–H and O–H groups in total. The highest BCUT2D eigenvalue weighted by molar-refractivity contribution is 5.49. The zero-order chi connectivity index (χ0) is 11.8. The average molecular weight is 227 g/mol. The third kappa shape index (κ3) is 2.62. The molecule has 1 aromatic carbocycles. The van der Waals surface area contributed by atoms with Crippen molar-refractivity contribution in [2.75, 3.05) is 12.3 Å². The molecule has 0 heterocycles.